The molecule has 0 aliphatic carbocycles. The van der Waals surface area contributed by atoms with Gasteiger partial charge in [-0.25, -0.2) is 0 Å². The van der Waals surface area contributed by atoms with Gasteiger partial charge < -0.3 is 9.80 Å². The summed E-state index contributed by atoms with van der Waals surface area (Å²) in [5, 5.41) is 0. The highest BCUT2D eigenvalue weighted by atomic mass is 15.3. The van der Waals surface area contributed by atoms with E-state index in [9.17, 15) is 0 Å². The van der Waals surface area contributed by atoms with Crippen LogP contribution in [0.4, 0.5) is 0 Å². The van der Waals surface area contributed by atoms with E-state index in [4.69, 9.17) is 0 Å². The first-order valence-corrected chi connectivity index (χ1v) is 12.1. The summed E-state index contributed by atoms with van der Waals surface area (Å²) < 4.78 is 0. The molecule has 3 saturated heterocycles. The molecular weight excluding hydrogens is 344 g/mol. The molecule has 0 radical (unpaired) electrons. The first-order valence-electron chi connectivity index (χ1n) is 12.1. The third-order valence-electron chi connectivity index (χ3n) is 7.62. The molecule has 0 N–H and O–H groups in total. The van der Waals surface area contributed by atoms with Crippen LogP contribution in [0.1, 0.15) is 67.2 Å². The SMILES string of the molecule is CC(C)(C)N1CCC(CN2CCN(CC3CCN(C(C)(C)C)CC3)CC2)CC1. The van der Waals surface area contributed by atoms with Crippen molar-refractivity contribution in [1.82, 2.24) is 19.6 Å². The fraction of sp³-hybridized carbons (Fsp3) is 1.00. The van der Waals surface area contributed by atoms with E-state index in [1.54, 1.807) is 0 Å². The molecule has 0 aromatic heterocycles. The zero-order valence-corrected chi connectivity index (χ0v) is 19.8. The van der Waals surface area contributed by atoms with Gasteiger partial charge in [0.15, 0.2) is 0 Å². The van der Waals surface area contributed by atoms with Crippen LogP contribution < -0.4 is 0 Å². The number of nitrogens with zero attached hydrogens (tertiary/aromatic N) is 4. The van der Waals surface area contributed by atoms with E-state index in [0.29, 0.717) is 11.1 Å². The number of rotatable bonds is 4. The van der Waals surface area contributed by atoms with Crippen LogP contribution in [0.2, 0.25) is 0 Å². The standard InChI is InChI=1S/C24H48N4/c1-23(2,3)27-11-7-21(8-12-27)19-25-15-17-26(18-16-25)20-22-9-13-28(14-10-22)24(4,5)6/h21-22H,7-20H2,1-6H3. The Balaban J connectivity index is 1.31. The van der Waals surface area contributed by atoms with E-state index in [1.165, 1.54) is 91.1 Å². The maximum atomic E-state index is 2.76. The molecule has 0 amide bonds. The van der Waals surface area contributed by atoms with Gasteiger partial charge in [0.1, 0.15) is 0 Å². The van der Waals surface area contributed by atoms with Gasteiger partial charge in [-0.15, -0.1) is 0 Å². The van der Waals surface area contributed by atoms with Crippen LogP contribution in [0.15, 0.2) is 0 Å². The van der Waals surface area contributed by atoms with Gasteiger partial charge in [-0.2, -0.15) is 0 Å². The molecule has 3 aliphatic heterocycles. The highest BCUT2D eigenvalue weighted by Gasteiger charge is 2.30. The van der Waals surface area contributed by atoms with Crippen molar-refractivity contribution >= 4 is 0 Å². The first kappa shape index (κ1) is 22.5. The zero-order chi connectivity index (χ0) is 20.4. The molecule has 0 saturated carbocycles. The van der Waals surface area contributed by atoms with Gasteiger partial charge in [0.25, 0.3) is 0 Å². The van der Waals surface area contributed by atoms with Crippen molar-refractivity contribution in [2.75, 3.05) is 65.4 Å². The molecule has 4 nitrogen and oxygen atoms in total. The smallest absolute Gasteiger partial charge is 0.0125 e. The van der Waals surface area contributed by atoms with Gasteiger partial charge in [0.2, 0.25) is 0 Å². The quantitative estimate of drug-likeness (QED) is 0.724. The zero-order valence-electron chi connectivity index (χ0n) is 19.8. The summed E-state index contributed by atoms with van der Waals surface area (Å²) in [7, 11) is 0. The molecule has 0 bridgehead atoms. The Morgan fingerprint density at radius 2 is 0.786 bits per heavy atom. The summed E-state index contributed by atoms with van der Waals surface area (Å²) in [5.74, 6) is 1.85. The Morgan fingerprint density at radius 3 is 1.04 bits per heavy atom. The Labute approximate surface area is 175 Å². The second kappa shape index (κ2) is 9.32. The molecule has 0 spiro atoms. The average molecular weight is 393 g/mol. The minimum absolute atomic E-state index is 0.347. The van der Waals surface area contributed by atoms with Gasteiger partial charge >= 0.3 is 0 Å². The lowest BCUT2D eigenvalue weighted by Crippen LogP contribution is -2.52. The second-order valence-corrected chi connectivity index (χ2v) is 11.8. The highest BCUT2D eigenvalue weighted by Crippen LogP contribution is 2.26. The topological polar surface area (TPSA) is 13.0 Å². The molecule has 28 heavy (non-hydrogen) atoms. The van der Waals surface area contributed by atoms with Gasteiger partial charge in [-0.05, 0) is 105 Å². The normalized spacial score (nSPS) is 26.8. The van der Waals surface area contributed by atoms with Gasteiger partial charge in [0, 0.05) is 50.3 Å². The van der Waals surface area contributed by atoms with E-state index in [1.807, 2.05) is 0 Å². The van der Waals surface area contributed by atoms with Gasteiger partial charge in [-0.1, -0.05) is 0 Å². The summed E-state index contributed by atoms with van der Waals surface area (Å²) in [4.78, 5) is 10.9. The fourth-order valence-electron chi connectivity index (χ4n) is 5.46. The van der Waals surface area contributed by atoms with Crippen LogP contribution in [0.3, 0.4) is 0 Å². The minimum Gasteiger partial charge on any atom is -0.301 e. The van der Waals surface area contributed by atoms with E-state index < -0.39 is 0 Å². The molecule has 0 unspecified atom stereocenters. The maximum absolute atomic E-state index is 2.76. The lowest BCUT2D eigenvalue weighted by molar-refractivity contribution is 0.0470. The van der Waals surface area contributed by atoms with Crippen LogP contribution in [0.5, 0.6) is 0 Å². The molecule has 0 aromatic rings. The predicted molar refractivity (Wildman–Crippen MR) is 121 cm³/mol. The van der Waals surface area contributed by atoms with Gasteiger partial charge in [0.05, 0.1) is 0 Å². The molecular formula is C24H48N4. The van der Waals surface area contributed by atoms with Crippen molar-refractivity contribution in [3.8, 4) is 0 Å². The predicted octanol–water partition coefficient (Wildman–Crippen LogP) is 3.63. The summed E-state index contributed by atoms with van der Waals surface area (Å²) in [6.45, 7) is 27.2. The number of piperidine rings is 2. The summed E-state index contributed by atoms with van der Waals surface area (Å²) in [6.07, 6.45) is 5.57. The molecule has 3 fully saturated rings. The first-order chi connectivity index (χ1) is 13.1. The third kappa shape index (κ3) is 6.42. The van der Waals surface area contributed by atoms with Crippen molar-refractivity contribution in [2.24, 2.45) is 11.8 Å². The summed E-state index contributed by atoms with van der Waals surface area (Å²) in [5.41, 5.74) is 0.694. The molecule has 0 aromatic carbocycles. The molecule has 3 aliphatic rings. The Bertz CT molecular complexity index is 410. The van der Waals surface area contributed by atoms with Crippen molar-refractivity contribution < 1.29 is 0 Å². The summed E-state index contributed by atoms with van der Waals surface area (Å²) >= 11 is 0. The van der Waals surface area contributed by atoms with E-state index in [0.717, 1.165) is 11.8 Å². The van der Waals surface area contributed by atoms with Gasteiger partial charge in [-0.3, -0.25) is 9.80 Å². The Kier molecular flexibility index (Phi) is 7.50. The number of hydrogen-bond donors (Lipinski definition) is 0. The van der Waals surface area contributed by atoms with Crippen molar-refractivity contribution in [1.29, 1.82) is 0 Å². The third-order valence-corrected chi connectivity index (χ3v) is 7.62. The average Bonchev–Trinajstić information content (AvgIpc) is 2.63. The Morgan fingerprint density at radius 1 is 0.500 bits per heavy atom. The Hall–Kier alpha value is -0.160. The van der Waals surface area contributed by atoms with Crippen molar-refractivity contribution in [3.05, 3.63) is 0 Å². The lowest BCUT2D eigenvalue weighted by Gasteiger charge is -2.44. The number of likely N-dealkylation sites (tertiary alicyclic amines) is 2. The molecule has 0 atom stereocenters. The lowest BCUT2D eigenvalue weighted by atomic mass is 9.92. The number of piperazine rings is 1. The van der Waals surface area contributed by atoms with Crippen molar-refractivity contribution in [3.63, 3.8) is 0 Å². The van der Waals surface area contributed by atoms with Crippen molar-refractivity contribution in [2.45, 2.75) is 78.3 Å². The van der Waals surface area contributed by atoms with Crippen LogP contribution in [0, 0.1) is 11.8 Å². The molecule has 4 heteroatoms. The van der Waals surface area contributed by atoms with Crippen LogP contribution in [0.25, 0.3) is 0 Å². The second-order valence-electron chi connectivity index (χ2n) is 11.8. The minimum atomic E-state index is 0.347. The van der Waals surface area contributed by atoms with Crippen LogP contribution >= 0.6 is 0 Å². The van der Waals surface area contributed by atoms with E-state index >= 15 is 0 Å². The highest BCUT2D eigenvalue weighted by molar-refractivity contribution is 4.86. The molecule has 164 valence electrons. The fourth-order valence-corrected chi connectivity index (χ4v) is 5.46. The van der Waals surface area contributed by atoms with E-state index in [-0.39, 0.29) is 0 Å². The van der Waals surface area contributed by atoms with E-state index in [2.05, 4.69) is 61.1 Å². The molecule has 3 rings (SSSR count). The summed E-state index contributed by atoms with van der Waals surface area (Å²) in [6, 6.07) is 0. The maximum Gasteiger partial charge on any atom is 0.0125 e. The van der Waals surface area contributed by atoms with Crippen LogP contribution in [-0.4, -0.2) is 96.1 Å². The monoisotopic (exact) mass is 392 g/mol. The van der Waals surface area contributed by atoms with Crippen LogP contribution in [-0.2, 0) is 0 Å². The molecule has 3 heterocycles. The number of hydrogen-bond acceptors (Lipinski definition) is 4. The largest absolute Gasteiger partial charge is 0.301 e.